The fourth-order valence-electron chi connectivity index (χ4n) is 3.39. The summed E-state index contributed by atoms with van der Waals surface area (Å²) in [5, 5.41) is 13.4. The number of aryl methyl sites for hydroxylation is 1. The first-order valence-corrected chi connectivity index (χ1v) is 8.42. The molecule has 1 fully saturated rings. The maximum absolute atomic E-state index is 14.7. The van der Waals surface area contributed by atoms with Gasteiger partial charge in [0.05, 0.1) is 18.1 Å². The molecule has 0 aromatic carbocycles. The van der Waals surface area contributed by atoms with Crippen molar-refractivity contribution in [2.45, 2.75) is 12.5 Å². The van der Waals surface area contributed by atoms with Gasteiger partial charge in [-0.2, -0.15) is 5.10 Å². The highest BCUT2D eigenvalue weighted by Crippen LogP contribution is 2.25. The van der Waals surface area contributed by atoms with Gasteiger partial charge in [0, 0.05) is 32.3 Å². The van der Waals surface area contributed by atoms with Crippen LogP contribution in [-0.4, -0.2) is 49.5 Å². The molecule has 28 heavy (non-hydrogen) atoms. The van der Waals surface area contributed by atoms with Gasteiger partial charge in [-0.25, -0.2) is 14.2 Å². The van der Waals surface area contributed by atoms with Crippen LogP contribution in [0, 0.1) is 5.82 Å². The van der Waals surface area contributed by atoms with Gasteiger partial charge in [0.25, 0.3) is 0 Å². The number of carboxylic acid groups (broad SMARTS) is 1. The number of pyridine rings is 2. The van der Waals surface area contributed by atoms with E-state index < -0.39 is 22.8 Å². The van der Waals surface area contributed by atoms with Gasteiger partial charge < -0.3 is 28.1 Å². The minimum atomic E-state index is -1.39. The molecule has 11 heteroatoms. The average molecular weight is 409 g/mol. The van der Waals surface area contributed by atoms with Gasteiger partial charge in [-0.15, -0.1) is 0 Å². The van der Waals surface area contributed by atoms with Crippen molar-refractivity contribution in [2.24, 2.45) is 7.05 Å². The number of carbonyl (C=O) groups is 1. The molecule has 4 N–H and O–H groups in total. The second kappa shape index (κ2) is 7.21. The summed E-state index contributed by atoms with van der Waals surface area (Å²) in [6.07, 6.45) is 3.57. The van der Waals surface area contributed by atoms with Crippen molar-refractivity contribution in [1.82, 2.24) is 19.3 Å². The number of hydrogen-bond donors (Lipinski definition) is 2. The van der Waals surface area contributed by atoms with Crippen LogP contribution in [0.4, 0.5) is 10.2 Å². The number of fused-ring (bicyclic) bond motifs is 1. The van der Waals surface area contributed by atoms with Crippen molar-refractivity contribution in [3.05, 3.63) is 46.1 Å². The van der Waals surface area contributed by atoms with Crippen LogP contribution >= 0.6 is 0 Å². The summed E-state index contributed by atoms with van der Waals surface area (Å²) in [5.74, 6) is -1.41. The molecule has 0 saturated carbocycles. The Morgan fingerprint density at radius 1 is 1.43 bits per heavy atom. The Hall–Kier alpha value is -2.98. The van der Waals surface area contributed by atoms with Gasteiger partial charge >= 0.3 is 5.97 Å². The van der Waals surface area contributed by atoms with Crippen molar-refractivity contribution in [2.75, 3.05) is 18.0 Å². The number of nitrogens with zero attached hydrogens (tertiary/aromatic N) is 5. The van der Waals surface area contributed by atoms with Crippen LogP contribution in [0.2, 0.25) is 0 Å². The predicted molar refractivity (Wildman–Crippen MR) is 94.5 cm³/mol. The van der Waals surface area contributed by atoms with Gasteiger partial charge in [-0.3, -0.25) is 14.0 Å². The summed E-state index contributed by atoms with van der Waals surface area (Å²) < 4.78 is 17.7. The highest BCUT2D eigenvalue weighted by molar-refractivity contribution is 5.92. The second-order valence-corrected chi connectivity index (χ2v) is 6.63. The highest BCUT2D eigenvalue weighted by atomic mass is 35.5. The van der Waals surface area contributed by atoms with Crippen LogP contribution in [0.1, 0.15) is 16.8 Å². The number of hydrogen-bond acceptors (Lipinski definition) is 5. The fraction of sp³-hybridized carbons (Fsp3) is 0.294. The zero-order valence-corrected chi connectivity index (χ0v) is 15.7. The lowest BCUT2D eigenvalue weighted by atomic mass is 10.2. The summed E-state index contributed by atoms with van der Waals surface area (Å²) in [6, 6.07) is 2.90. The van der Waals surface area contributed by atoms with Crippen molar-refractivity contribution in [1.29, 1.82) is 0 Å². The Kier molecular flexibility index (Phi) is 5.09. The zero-order valence-electron chi connectivity index (χ0n) is 15.0. The Labute approximate surface area is 164 Å². The lowest BCUT2D eigenvalue weighted by Crippen LogP contribution is -3.00. The first-order chi connectivity index (χ1) is 12.9. The third-order valence-electron chi connectivity index (χ3n) is 4.77. The Morgan fingerprint density at radius 3 is 2.75 bits per heavy atom. The maximum atomic E-state index is 14.7. The van der Waals surface area contributed by atoms with Crippen LogP contribution in [0.5, 0.6) is 0 Å². The molecule has 4 rings (SSSR count). The smallest absolute Gasteiger partial charge is 0.341 e. The standard InChI is InChI=1S/C17H17FN6O3.ClH/c1-22-13(2-4-20-22)24-8-11(17(26)27)14(25)10-6-12(18)16(21-15(10)24)23-5-3-9(19)7-23;/h2,4,6,8-9H,3,5,7,19H2,1H3,(H,26,27);1H. The lowest BCUT2D eigenvalue weighted by Gasteiger charge is -2.19. The summed E-state index contributed by atoms with van der Waals surface area (Å²) in [4.78, 5) is 30.3. The number of halogens is 2. The summed E-state index contributed by atoms with van der Waals surface area (Å²) in [7, 11) is 1.68. The van der Waals surface area contributed by atoms with Crippen molar-refractivity contribution in [3.8, 4) is 5.82 Å². The van der Waals surface area contributed by atoms with Crippen LogP contribution in [0.25, 0.3) is 16.9 Å². The second-order valence-electron chi connectivity index (χ2n) is 6.63. The molecule has 0 aliphatic carbocycles. The van der Waals surface area contributed by atoms with E-state index in [-0.39, 0.29) is 35.3 Å². The summed E-state index contributed by atoms with van der Waals surface area (Å²) in [5.41, 5.74) is 2.94. The Morgan fingerprint density at radius 2 is 2.18 bits per heavy atom. The molecule has 4 heterocycles. The molecule has 148 valence electrons. The third kappa shape index (κ3) is 3.10. The van der Waals surface area contributed by atoms with E-state index in [1.165, 1.54) is 21.6 Å². The van der Waals surface area contributed by atoms with Crippen LogP contribution in [0.15, 0.2) is 29.3 Å². The summed E-state index contributed by atoms with van der Waals surface area (Å²) in [6.45, 7) is 1.19. The predicted octanol–water partition coefficient (Wildman–Crippen LogP) is -3.22. The van der Waals surface area contributed by atoms with Gasteiger partial charge in [0.1, 0.15) is 17.4 Å². The minimum absolute atomic E-state index is 0. The molecule has 0 radical (unpaired) electrons. The largest absolute Gasteiger partial charge is 1.00 e. The fourth-order valence-corrected chi connectivity index (χ4v) is 3.39. The topological polar surface area (TPSA) is 121 Å². The molecule has 1 unspecified atom stereocenters. The van der Waals surface area contributed by atoms with Gasteiger partial charge in [0.2, 0.25) is 5.43 Å². The van der Waals surface area contributed by atoms with E-state index >= 15 is 0 Å². The molecule has 3 aromatic rings. The summed E-state index contributed by atoms with van der Waals surface area (Å²) >= 11 is 0. The number of aromatic nitrogens is 4. The van der Waals surface area contributed by atoms with E-state index in [1.54, 1.807) is 18.0 Å². The highest BCUT2D eigenvalue weighted by Gasteiger charge is 2.27. The monoisotopic (exact) mass is 408 g/mol. The molecule has 9 nitrogen and oxygen atoms in total. The molecular weight excluding hydrogens is 391 g/mol. The van der Waals surface area contributed by atoms with E-state index in [0.29, 0.717) is 18.9 Å². The molecule has 1 aliphatic heterocycles. The Bertz CT molecular complexity index is 1130. The molecule has 1 aliphatic rings. The van der Waals surface area contributed by atoms with Crippen LogP contribution < -0.4 is 28.5 Å². The number of carboxylic acids is 1. The molecule has 0 spiro atoms. The minimum Gasteiger partial charge on any atom is -1.00 e. The average Bonchev–Trinajstić information content (AvgIpc) is 3.23. The van der Waals surface area contributed by atoms with E-state index in [2.05, 4.69) is 15.8 Å². The molecule has 3 aromatic heterocycles. The van der Waals surface area contributed by atoms with E-state index in [4.69, 9.17) is 0 Å². The molecular formula is C17H18ClFN6O3. The van der Waals surface area contributed by atoms with Crippen molar-refractivity contribution in [3.63, 3.8) is 0 Å². The number of aromatic carboxylic acids is 1. The van der Waals surface area contributed by atoms with Crippen LogP contribution in [0.3, 0.4) is 0 Å². The first kappa shape index (κ1) is 19.8. The van der Waals surface area contributed by atoms with Crippen molar-refractivity contribution >= 4 is 22.8 Å². The lowest BCUT2D eigenvalue weighted by molar-refractivity contribution is -0.412. The van der Waals surface area contributed by atoms with Crippen LogP contribution in [-0.2, 0) is 7.05 Å². The number of anilines is 1. The normalized spacial score (nSPS) is 16.4. The Balaban J connectivity index is 0.00000225. The first-order valence-electron chi connectivity index (χ1n) is 8.42. The van der Waals surface area contributed by atoms with Gasteiger partial charge in [-0.05, 0) is 6.07 Å². The molecule has 0 bridgehead atoms. The third-order valence-corrected chi connectivity index (χ3v) is 4.77. The van der Waals surface area contributed by atoms with E-state index in [1.807, 2.05) is 0 Å². The SMILES string of the molecule is Cn1nccc1-n1cc(C(=O)O)c(=O)c2cc(F)c(N3CCC([NH3+])C3)nc21.[Cl-]. The zero-order chi connectivity index (χ0) is 19.3. The molecule has 0 amide bonds. The van der Waals surface area contributed by atoms with E-state index in [9.17, 15) is 19.1 Å². The molecule has 1 saturated heterocycles. The van der Waals surface area contributed by atoms with Gasteiger partial charge in [0.15, 0.2) is 17.3 Å². The maximum Gasteiger partial charge on any atom is 0.341 e. The number of rotatable bonds is 3. The molecule has 1 atom stereocenters. The quantitative estimate of drug-likeness (QED) is 0.470. The number of quaternary nitrogens is 1. The van der Waals surface area contributed by atoms with Crippen molar-refractivity contribution < 1.29 is 32.4 Å². The van der Waals surface area contributed by atoms with Gasteiger partial charge in [-0.1, -0.05) is 0 Å². The van der Waals surface area contributed by atoms with E-state index in [0.717, 1.165) is 12.5 Å².